The van der Waals surface area contributed by atoms with Gasteiger partial charge in [-0.1, -0.05) is 0 Å². The topological polar surface area (TPSA) is 74.7 Å². The largest absolute Gasteiger partial charge is 0.337 e. The van der Waals surface area contributed by atoms with Gasteiger partial charge in [-0.3, -0.25) is 9.78 Å². The molecule has 7 heteroatoms. The van der Waals surface area contributed by atoms with Crippen LogP contribution >= 0.6 is 0 Å². The van der Waals surface area contributed by atoms with E-state index in [1.54, 1.807) is 10.9 Å². The standard InChI is InChI=1S/C11H17N7/c1-8-6-18(4-3-12-8)11-14-10(15-16-11)9-5-13-17(2)7-9/h5,7-8,12H,3-4,6H2,1-2H3,(H,14,15,16). The van der Waals surface area contributed by atoms with Crippen molar-refractivity contribution in [3.63, 3.8) is 0 Å². The van der Waals surface area contributed by atoms with E-state index in [1.807, 2.05) is 13.2 Å². The quantitative estimate of drug-likeness (QED) is 0.781. The maximum absolute atomic E-state index is 4.53. The van der Waals surface area contributed by atoms with Gasteiger partial charge in [0.25, 0.3) is 0 Å². The van der Waals surface area contributed by atoms with Crippen LogP contribution in [0.15, 0.2) is 12.4 Å². The highest BCUT2D eigenvalue weighted by molar-refractivity contribution is 5.54. The van der Waals surface area contributed by atoms with Crippen molar-refractivity contribution in [1.29, 1.82) is 0 Å². The Hall–Kier alpha value is -1.89. The second kappa shape index (κ2) is 4.41. The molecule has 1 aliphatic heterocycles. The molecule has 96 valence electrons. The minimum absolute atomic E-state index is 0.471. The van der Waals surface area contributed by atoms with E-state index in [0.29, 0.717) is 6.04 Å². The first kappa shape index (κ1) is 11.2. The number of rotatable bonds is 2. The third kappa shape index (κ3) is 2.08. The summed E-state index contributed by atoms with van der Waals surface area (Å²) in [4.78, 5) is 6.72. The number of aryl methyl sites for hydroxylation is 1. The van der Waals surface area contributed by atoms with Gasteiger partial charge in [0.15, 0.2) is 5.82 Å². The minimum atomic E-state index is 0.471. The van der Waals surface area contributed by atoms with Crippen molar-refractivity contribution in [3.05, 3.63) is 12.4 Å². The van der Waals surface area contributed by atoms with E-state index in [4.69, 9.17) is 0 Å². The summed E-state index contributed by atoms with van der Waals surface area (Å²) in [7, 11) is 1.89. The SMILES string of the molecule is CC1CN(c2n[nH]c(-c3cnn(C)c3)n2)CCN1. The molecule has 1 unspecified atom stereocenters. The van der Waals surface area contributed by atoms with Crippen LogP contribution in [-0.2, 0) is 7.05 Å². The highest BCUT2D eigenvalue weighted by Gasteiger charge is 2.19. The average molecular weight is 247 g/mol. The normalized spacial score (nSPS) is 20.3. The van der Waals surface area contributed by atoms with Crippen LogP contribution < -0.4 is 10.2 Å². The molecule has 7 nitrogen and oxygen atoms in total. The molecule has 2 aromatic heterocycles. The second-order valence-electron chi connectivity index (χ2n) is 4.69. The number of anilines is 1. The Morgan fingerprint density at radius 2 is 2.33 bits per heavy atom. The zero-order chi connectivity index (χ0) is 12.5. The van der Waals surface area contributed by atoms with Crippen LogP contribution in [0.3, 0.4) is 0 Å². The van der Waals surface area contributed by atoms with Gasteiger partial charge >= 0.3 is 0 Å². The molecule has 3 rings (SSSR count). The predicted octanol–water partition coefficient (Wildman–Crippen LogP) is 0.00330. The molecule has 18 heavy (non-hydrogen) atoms. The highest BCUT2D eigenvalue weighted by Crippen LogP contribution is 2.17. The van der Waals surface area contributed by atoms with Crippen LogP contribution in [0.2, 0.25) is 0 Å². The predicted molar refractivity (Wildman–Crippen MR) is 68.3 cm³/mol. The van der Waals surface area contributed by atoms with Crippen molar-refractivity contribution in [2.24, 2.45) is 7.05 Å². The molecule has 2 aromatic rings. The molecule has 1 aliphatic rings. The molecule has 3 heterocycles. The monoisotopic (exact) mass is 247 g/mol. The average Bonchev–Trinajstić information content (AvgIpc) is 2.97. The van der Waals surface area contributed by atoms with E-state index in [2.05, 4.69) is 37.4 Å². The zero-order valence-corrected chi connectivity index (χ0v) is 10.6. The second-order valence-corrected chi connectivity index (χ2v) is 4.69. The van der Waals surface area contributed by atoms with Gasteiger partial charge in [-0.25, -0.2) is 0 Å². The van der Waals surface area contributed by atoms with Gasteiger partial charge in [0.1, 0.15) is 0 Å². The Labute approximate surface area is 105 Å². The molecule has 0 spiro atoms. The third-order valence-corrected chi connectivity index (χ3v) is 3.10. The molecular formula is C11H17N7. The third-order valence-electron chi connectivity index (χ3n) is 3.10. The minimum Gasteiger partial charge on any atom is -0.337 e. The number of nitrogens with zero attached hydrogens (tertiary/aromatic N) is 5. The Kier molecular flexibility index (Phi) is 2.75. The molecule has 1 fully saturated rings. The fraction of sp³-hybridized carbons (Fsp3) is 0.545. The summed E-state index contributed by atoms with van der Waals surface area (Å²) in [6.07, 6.45) is 3.70. The fourth-order valence-electron chi connectivity index (χ4n) is 2.18. The van der Waals surface area contributed by atoms with Crippen molar-refractivity contribution in [1.82, 2.24) is 30.3 Å². The summed E-state index contributed by atoms with van der Waals surface area (Å²) in [6, 6.07) is 0.471. The van der Waals surface area contributed by atoms with Crippen molar-refractivity contribution in [2.75, 3.05) is 24.5 Å². The summed E-state index contributed by atoms with van der Waals surface area (Å²) in [5, 5.41) is 14.8. The summed E-state index contributed by atoms with van der Waals surface area (Å²) < 4.78 is 1.75. The summed E-state index contributed by atoms with van der Waals surface area (Å²) in [6.45, 7) is 5.01. The molecule has 0 bridgehead atoms. The number of aromatic amines is 1. The lowest BCUT2D eigenvalue weighted by Gasteiger charge is -2.30. The van der Waals surface area contributed by atoms with Gasteiger partial charge in [0, 0.05) is 38.9 Å². The lowest BCUT2D eigenvalue weighted by Crippen LogP contribution is -2.49. The number of piperazine rings is 1. The van der Waals surface area contributed by atoms with Crippen LogP contribution in [-0.4, -0.2) is 50.6 Å². The smallest absolute Gasteiger partial charge is 0.245 e. The molecule has 1 saturated heterocycles. The van der Waals surface area contributed by atoms with Gasteiger partial charge in [0.05, 0.1) is 11.8 Å². The van der Waals surface area contributed by atoms with Crippen molar-refractivity contribution >= 4 is 5.95 Å². The molecule has 0 radical (unpaired) electrons. The van der Waals surface area contributed by atoms with Crippen LogP contribution in [0.4, 0.5) is 5.95 Å². The number of aromatic nitrogens is 5. The van der Waals surface area contributed by atoms with Crippen molar-refractivity contribution < 1.29 is 0 Å². The van der Waals surface area contributed by atoms with E-state index in [9.17, 15) is 0 Å². The lowest BCUT2D eigenvalue weighted by molar-refractivity contribution is 0.480. The Balaban J connectivity index is 1.80. The lowest BCUT2D eigenvalue weighted by atomic mass is 10.2. The van der Waals surface area contributed by atoms with Gasteiger partial charge in [0.2, 0.25) is 5.95 Å². The number of H-pyrrole nitrogens is 1. The number of hydrogen-bond acceptors (Lipinski definition) is 5. The summed E-state index contributed by atoms with van der Waals surface area (Å²) >= 11 is 0. The molecule has 1 atom stereocenters. The van der Waals surface area contributed by atoms with Crippen molar-refractivity contribution in [2.45, 2.75) is 13.0 Å². The molecule has 2 N–H and O–H groups in total. The van der Waals surface area contributed by atoms with E-state index >= 15 is 0 Å². The van der Waals surface area contributed by atoms with E-state index in [0.717, 1.165) is 37.0 Å². The number of hydrogen-bond donors (Lipinski definition) is 2. The maximum Gasteiger partial charge on any atom is 0.245 e. The van der Waals surface area contributed by atoms with Crippen LogP contribution in [0.5, 0.6) is 0 Å². The first-order chi connectivity index (χ1) is 8.72. The van der Waals surface area contributed by atoms with E-state index in [1.165, 1.54) is 0 Å². The van der Waals surface area contributed by atoms with Crippen LogP contribution in [0.25, 0.3) is 11.4 Å². The van der Waals surface area contributed by atoms with E-state index in [-0.39, 0.29) is 0 Å². The van der Waals surface area contributed by atoms with Gasteiger partial charge in [-0.2, -0.15) is 10.1 Å². The van der Waals surface area contributed by atoms with Gasteiger partial charge < -0.3 is 10.2 Å². The van der Waals surface area contributed by atoms with Gasteiger partial charge in [-0.05, 0) is 6.92 Å². The fourth-order valence-corrected chi connectivity index (χ4v) is 2.18. The zero-order valence-electron chi connectivity index (χ0n) is 10.6. The molecule has 0 saturated carbocycles. The highest BCUT2D eigenvalue weighted by atomic mass is 15.4. The molecule has 0 amide bonds. The van der Waals surface area contributed by atoms with E-state index < -0.39 is 0 Å². The molecule has 0 aliphatic carbocycles. The number of nitrogens with one attached hydrogen (secondary N) is 2. The first-order valence-electron chi connectivity index (χ1n) is 6.12. The van der Waals surface area contributed by atoms with Crippen molar-refractivity contribution in [3.8, 4) is 11.4 Å². The Morgan fingerprint density at radius 3 is 3.06 bits per heavy atom. The maximum atomic E-state index is 4.53. The van der Waals surface area contributed by atoms with Crippen LogP contribution in [0.1, 0.15) is 6.92 Å². The Bertz CT molecular complexity index is 529. The Morgan fingerprint density at radius 1 is 1.44 bits per heavy atom. The van der Waals surface area contributed by atoms with Crippen LogP contribution in [0, 0.1) is 0 Å². The summed E-state index contributed by atoms with van der Waals surface area (Å²) in [5.41, 5.74) is 0.958. The molecular weight excluding hydrogens is 230 g/mol. The summed E-state index contributed by atoms with van der Waals surface area (Å²) in [5.74, 6) is 1.53. The van der Waals surface area contributed by atoms with Gasteiger partial charge in [-0.15, -0.1) is 5.10 Å². The first-order valence-corrected chi connectivity index (χ1v) is 6.12. The molecule has 0 aromatic carbocycles.